The zero-order valence-corrected chi connectivity index (χ0v) is 15.4. The quantitative estimate of drug-likeness (QED) is 0.551. The van der Waals surface area contributed by atoms with Crippen LogP contribution in [0.2, 0.25) is 5.02 Å². The van der Waals surface area contributed by atoms with Crippen LogP contribution in [0.15, 0.2) is 41.3 Å². The van der Waals surface area contributed by atoms with Crippen molar-refractivity contribution in [3.8, 4) is 11.1 Å². The van der Waals surface area contributed by atoms with Gasteiger partial charge in [0.1, 0.15) is 5.52 Å². The van der Waals surface area contributed by atoms with Gasteiger partial charge in [0.2, 0.25) is 0 Å². The third kappa shape index (κ3) is 2.57. The summed E-state index contributed by atoms with van der Waals surface area (Å²) in [4.78, 5) is 12.6. The number of halogens is 1. The molecule has 0 unspecified atom stereocenters. The normalized spacial score (nSPS) is 11.5. The van der Waals surface area contributed by atoms with Gasteiger partial charge < -0.3 is 4.57 Å². The van der Waals surface area contributed by atoms with E-state index in [0.29, 0.717) is 28.2 Å². The maximum absolute atomic E-state index is 12.6. The predicted molar refractivity (Wildman–Crippen MR) is 103 cm³/mol. The Labute approximate surface area is 155 Å². The van der Waals surface area contributed by atoms with Crippen molar-refractivity contribution in [3.63, 3.8) is 0 Å². The molecule has 1 aromatic carbocycles. The van der Waals surface area contributed by atoms with E-state index >= 15 is 0 Å². The van der Waals surface area contributed by atoms with E-state index in [0.717, 1.165) is 29.7 Å². The first-order valence-corrected chi connectivity index (χ1v) is 9.05. The molecule has 4 aromatic rings. The molecule has 4 rings (SSSR count). The van der Waals surface area contributed by atoms with E-state index in [9.17, 15) is 4.79 Å². The van der Waals surface area contributed by atoms with Gasteiger partial charge in [-0.3, -0.25) is 4.79 Å². The molecule has 0 aliphatic heterocycles. The van der Waals surface area contributed by atoms with Crippen LogP contribution in [-0.4, -0.2) is 24.4 Å². The molecule has 132 valence electrons. The fourth-order valence-corrected chi connectivity index (χ4v) is 3.33. The first-order chi connectivity index (χ1) is 12.6. The molecule has 0 saturated heterocycles. The van der Waals surface area contributed by atoms with Crippen LogP contribution >= 0.6 is 11.6 Å². The minimum atomic E-state index is -0.139. The number of pyridine rings is 1. The van der Waals surface area contributed by atoms with Crippen LogP contribution in [0.25, 0.3) is 27.8 Å². The van der Waals surface area contributed by atoms with Gasteiger partial charge in [-0.25, -0.2) is 4.52 Å². The molecule has 0 saturated carbocycles. The van der Waals surface area contributed by atoms with Gasteiger partial charge in [-0.15, -0.1) is 10.2 Å². The molecule has 26 heavy (non-hydrogen) atoms. The zero-order chi connectivity index (χ0) is 18.3. The smallest absolute Gasteiger partial charge is 0.280 e. The van der Waals surface area contributed by atoms with E-state index in [-0.39, 0.29) is 5.56 Å². The number of fused-ring (bicyclic) bond motifs is 3. The Morgan fingerprint density at radius 3 is 2.54 bits per heavy atom. The van der Waals surface area contributed by atoms with Gasteiger partial charge in [0, 0.05) is 17.8 Å². The minimum Gasteiger partial charge on any atom is -0.313 e. The van der Waals surface area contributed by atoms with Crippen LogP contribution in [0.3, 0.4) is 0 Å². The van der Waals surface area contributed by atoms with E-state index < -0.39 is 0 Å². The van der Waals surface area contributed by atoms with Crippen LogP contribution in [0.1, 0.15) is 26.0 Å². The Morgan fingerprint density at radius 2 is 1.85 bits per heavy atom. The van der Waals surface area contributed by atoms with Gasteiger partial charge >= 0.3 is 0 Å². The Bertz CT molecular complexity index is 1160. The standard InChI is InChI=1S/C19H18ClN5O/c1-3-10-24-11-9-15-17(19(24)26)21-22-18-16(14(4-2)23-25(15)18)12-5-7-13(20)8-6-12/h5-9,11H,3-4,10H2,1-2H3. The van der Waals surface area contributed by atoms with Crippen molar-refractivity contribution in [3.05, 3.63) is 57.6 Å². The summed E-state index contributed by atoms with van der Waals surface area (Å²) in [6.45, 7) is 4.74. The average molecular weight is 368 g/mol. The molecule has 0 atom stereocenters. The molecular formula is C19H18ClN5O. The molecule has 0 N–H and O–H groups in total. The summed E-state index contributed by atoms with van der Waals surface area (Å²) in [6.07, 6.45) is 3.42. The van der Waals surface area contributed by atoms with E-state index in [1.54, 1.807) is 15.3 Å². The first-order valence-electron chi connectivity index (χ1n) is 8.67. The Balaban J connectivity index is 2.03. The van der Waals surface area contributed by atoms with E-state index in [4.69, 9.17) is 16.7 Å². The fourth-order valence-electron chi connectivity index (χ4n) is 3.21. The highest BCUT2D eigenvalue weighted by Crippen LogP contribution is 2.29. The topological polar surface area (TPSA) is 65.1 Å². The summed E-state index contributed by atoms with van der Waals surface area (Å²) in [7, 11) is 0. The largest absolute Gasteiger partial charge is 0.313 e. The van der Waals surface area contributed by atoms with Crippen LogP contribution in [0, 0.1) is 0 Å². The maximum atomic E-state index is 12.6. The lowest BCUT2D eigenvalue weighted by atomic mass is 10.0. The molecule has 6 nitrogen and oxygen atoms in total. The van der Waals surface area contributed by atoms with Crippen molar-refractivity contribution in [2.24, 2.45) is 0 Å². The summed E-state index contributed by atoms with van der Waals surface area (Å²) >= 11 is 6.02. The Morgan fingerprint density at radius 1 is 1.08 bits per heavy atom. The Hall–Kier alpha value is -2.73. The molecule has 3 aromatic heterocycles. The molecule has 0 radical (unpaired) electrons. The van der Waals surface area contributed by atoms with Gasteiger partial charge in [0.15, 0.2) is 11.2 Å². The second-order valence-electron chi connectivity index (χ2n) is 6.17. The minimum absolute atomic E-state index is 0.139. The summed E-state index contributed by atoms with van der Waals surface area (Å²) in [5, 5.41) is 14.0. The van der Waals surface area contributed by atoms with Gasteiger partial charge in [-0.2, -0.15) is 5.10 Å². The molecule has 0 aliphatic rings. The summed E-state index contributed by atoms with van der Waals surface area (Å²) < 4.78 is 3.38. The highest BCUT2D eigenvalue weighted by atomic mass is 35.5. The van der Waals surface area contributed by atoms with E-state index in [1.807, 2.05) is 44.2 Å². The van der Waals surface area contributed by atoms with E-state index in [2.05, 4.69) is 10.2 Å². The number of nitrogens with zero attached hydrogens (tertiary/aromatic N) is 5. The molecule has 3 heterocycles. The first kappa shape index (κ1) is 16.7. The van der Waals surface area contributed by atoms with Crippen molar-refractivity contribution in [1.82, 2.24) is 24.4 Å². The number of aromatic nitrogens is 5. The van der Waals surface area contributed by atoms with Crippen molar-refractivity contribution >= 4 is 28.3 Å². The van der Waals surface area contributed by atoms with Crippen LogP contribution in [0.4, 0.5) is 0 Å². The molecule has 7 heteroatoms. The predicted octanol–water partition coefficient (Wildman–Crippen LogP) is 3.73. The summed E-state index contributed by atoms with van der Waals surface area (Å²) in [5.41, 5.74) is 4.32. The lowest BCUT2D eigenvalue weighted by Gasteiger charge is -2.06. The van der Waals surface area contributed by atoms with Gasteiger partial charge in [-0.1, -0.05) is 37.6 Å². The van der Waals surface area contributed by atoms with Crippen LogP contribution < -0.4 is 5.56 Å². The number of benzene rings is 1. The number of hydrogen-bond donors (Lipinski definition) is 0. The molecule has 0 amide bonds. The fraction of sp³-hybridized carbons (Fsp3) is 0.263. The Kier molecular flexibility index (Phi) is 4.20. The monoisotopic (exact) mass is 367 g/mol. The molecule has 0 fully saturated rings. The highest BCUT2D eigenvalue weighted by Gasteiger charge is 2.18. The van der Waals surface area contributed by atoms with Crippen molar-refractivity contribution in [1.29, 1.82) is 0 Å². The van der Waals surface area contributed by atoms with Gasteiger partial charge in [0.05, 0.1) is 11.3 Å². The molecule has 0 bridgehead atoms. The third-order valence-corrected chi connectivity index (χ3v) is 4.71. The lowest BCUT2D eigenvalue weighted by molar-refractivity contribution is 0.656. The van der Waals surface area contributed by atoms with E-state index in [1.165, 1.54) is 0 Å². The zero-order valence-electron chi connectivity index (χ0n) is 14.6. The average Bonchev–Trinajstić information content (AvgIpc) is 3.04. The number of rotatable bonds is 4. The second kappa shape index (κ2) is 6.53. The maximum Gasteiger partial charge on any atom is 0.280 e. The van der Waals surface area contributed by atoms with Gasteiger partial charge in [-0.05, 0) is 36.6 Å². The third-order valence-electron chi connectivity index (χ3n) is 4.46. The second-order valence-corrected chi connectivity index (χ2v) is 6.60. The number of hydrogen-bond acceptors (Lipinski definition) is 4. The van der Waals surface area contributed by atoms with Crippen molar-refractivity contribution < 1.29 is 0 Å². The summed E-state index contributed by atoms with van der Waals surface area (Å²) in [6, 6.07) is 9.47. The molecule has 0 aliphatic carbocycles. The van der Waals surface area contributed by atoms with Crippen molar-refractivity contribution in [2.45, 2.75) is 33.2 Å². The highest BCUT2D eigenvalue weighted by molar-refractivity contribution is 6.30. The lowest BCUT2D eigenvalue weighted by Crippen LogP contribution is -2.21. The molecular weight excluding hydrogens is 350 g/mol. The van der Waals surface area contributed by atoms with Gasteiger partial charge in [0.25, 0.3) is 5.56 Å². The van der Waals surface area contributed by atoms with Crippen LogP contribution in [0.5, 0.6) is 0 Å². The SMILES string of the molecule is CCCn1ccc2c(nnc3c(-c4ccc(Cl)cc4)c(CC)nn32)c1=O. The van der Waals surface area contributed by atoms with Crippen LogP contribution in [-0.2, 0) is 13.0 Å². The molecule has 0 spiro atoms. The van der Waals surface area contributed by atoms with Crippen molar-refractivity contribution in [2.75, 3.05) is 0 Å². The summed E-state index contributed by atoms with van der Waals surface area (Å²) in [5.74, 6) is 0. The number of aryl methyl sites for hydroxylation is 2.